The molecule has 3 rings (SSSR count). The number of nitrogens with zero attached hydrogens (tertiary/aromatic N) is 3. The van der Waals surface area contributed by atoms with Gasteiger partial charge >= 0.3 is 0 Å². The van der Waals surface area contributed by atoms with E-state index in [1.807, 2.05) is 18.2 Å². The molecule has 0 N–H and O–H groups in total. The molecular formula is C11H7N3OS. The zero-order chi connectivity index (χ0) is 11.0. The zero-order valence-corrected chi connectivity index (χ0v) is 9.02. The Bertz CT molecular complexity index is 544. The molecule has 78 valence electrons. The van der Waals surface area contributed by atoms with Gasteiger partial charge in [-0.2, -0.15) is 5.10 Å². The highest BCUT2D eigenvalue weighted by atomic mass is 32.2. The van der Waals surface area contributed by atoms with Crippen molar-refractivity contribution in [2.24, 2.45) is 0 Å². The van der Waals surface area contributed by atoms with Gasteiger partial charge in [-0.1, -0.05) is 6.07 Å². The van der Waals surface area contributed by atoms with E-state index < -0.39 is 0 Å². The van der Waals surface area contributed by atoms with Crippen LogP contribution >= 0.6 is 11.8 Å². The van der Waals surface area contributed by atoms with Crippen molar-refractivity contribution in [1.82, 2.24) is 15.2 Å². The molecule has 0 aliphatic carbocycles. The maximum absolute atomic E-state index is 12.0. The predicted molar refractivity (Wildman–Crippen MR) is 59.2 cm³/mol. The van der Waals surface area contributed by atoms with Crippen molar-refractivity contribution in [3.63, 3.8) is 0 Å². The molecule has 0 fully saturated rings. The minimum atomic E-state index is -0.222. The number of hydrogen-bond donors (Lipinski definition) is 0. The summed E-state index contributed by atoms with van der Waals surface area (Å²) in [5, 5.41) is 7.39. The van der Waals surface area contributed by atoms with Gasteiger partial charge in [-0.05, 0) is 17.7 Å². The summed E-state index contributed by atoms with van der Waals surface area (Å²) in [6.45, 7) is 0. The third-order valence-corrected chi connectivity index (χ3v) is 3.69. The van der Waals surface area contributed by atoms with Crippen LogP contribution in [0.2, 0.25) is 0 Å². The molecule has 0 spiro atoms. The fraction of sp³-hybridized carbons (Fsp3) is 0.0909. The van der Waals surface area contributed by atoms with E-state index in [9.17, 15) is 4.79 Å². The van der Waals surface area contributed by atoms with Gasteiger partial charge in [0.25, 0.3) is 0 Å². The number of Topliss-reactive ketones (excluding diaryl/α,β-unsaturated/α-hetero) is 1. The maximum atomic E-state index is 12.0. The summed E-state index contributed by atoms with van der Waals surface area (Å²) in [4.78, 5) is 17.0. The van der Waals surface area contributed by atoms with Crippen molar-refractivity contribution >= 4 is 17.5 Å². The lowest BCUT2D eigenvalue weighted by Gasteiger charge is -2.05. The van der Waals surface area contributed by atoms with E-state index in [4.69, 9.17) is 0 Å². The van der Waals surface area contributed by atoms with Gasteiger partial charge in [0.1, 0.15) is 10.9 Å². The van der Waals surface area contributed by atoms with E-state index in [0.29, 0.717) is 5.69 Å². The molecule has 2 aromatic heterocycles. The van der Waals surface area contributed by atoms with E-state index in [0.717, 1.165) is 10.5 Å². The highest BCUT2D eigenvalue weighted by molar-refractivity contribution is 8.00. The second kappa shape index (κ2) is 3.68. The molecule has 0 aromatic carbocycles. The molecule has 1 aliphatic rings. The van der Waals surface area contributed by atoms with Crippen LogP contribution in [0.4, 0.5) is 0 Å². The fourth-order valence-corrected chi connectivity index (χ4v) is 2.78. The molecule has 0 amide bonds. The lowest BCUT2D eigenvalue weighted by Crippen LogP contribution is -2.06. The molecule has 0 saturated heterocycles. The Morgan fingerprint density at radius 1 is 1.25 bits per heavy atom. The Labute approximate surface area is 96.1 Å². The van der Waals surface area contributed by atoms with Crippen molar-refractivity contribution in [2.75, 3.05) is 0 Å². The quantitative estimate of drug-likeness (QED) is 0.747. The zero-order valence-electron chi connectivity index (χ0n) is 8.20. The topological polar surface area (TPSA) is 55.7 Å². The Morgan fingerprint density at radius 3 is 2.94 bits per heavy atom. The van der Waals surface area contributed by atoms with Crippen molar-refractivity contribution in [3.05, 3.63) is 48.0 Å². The van der Waals surface area contributed by atoms with E-state index >= 15 is 0 Å². The van der Waals surface area contributed by atoms with Crippen LogP contribution in [0.5, 0.6) is 0 Å². The molecule has 0 bridgehead atoms. The summed E-state index contributed by atoms with van der Waals surface area (Å²) in [6, 6.07) is 5.56. The maximum Gasteiger partial charge on any atom is 0.201 e. The summed E-state index contributed by atoms with van der Waals surface area (Å²) < 4.78 is 0. The van der Waals surface area contributed by atoms with Crippen molar-refractivity contribution in [2.45, 2.75) is 10.1 Å². The summed E-state index contributed by atoms with van der Waals surface area (Å²) in [7, 11) is 0. The van der Waals surface area contributed by atoms with Crippen molar-refractivity contribution < 1.29 is 4.79 Å². The number of rotatable bonds is 1. The van der Waals surface area contributed by atoms with Gasteiger partial charge in [0.05, 0.1) is 6.20 Å². The number of hydrogen-bond acceptors (Lipinski definition) is 5. The Morgan fingerprint density at radius 2 is 2.19 bits per heavy atom. The Balaban J connectivity index is 2.02. The first-order valence-corrected chi connectivity index (χ1v) is 5.67. The predicted octanol–water partition coefficient (Wildman–Crippen LogP) is 1.90. The van der Waals surface area contributed by atoms with Crippen LogP contribution in [-0.2, 0) is 0 Å². The third-order valence-electron chi connectivity index (χ3n) is 2.39. The molecule has 2 aromatic rings. The molecule has 5 heteroatoms. The molecule has 0 saturated carbocycles. The number of thioether (sulfide) groups is 1. The second-order valence-electron chi connectivity index (χ2n) is 3.39. The van der Waals surface area contributed by atoms with Gasteiger partial charge in [0.2, 0.25) is 5.78 Å². The molecule has 1 atom stereocenters. The first-order chi connectivity index (χ1) is 7.86. The monoisotopic (exact) mass is 229 g/mol. The van der Waals surface area contributed by atoms with Crippen LogP contribution in [0.1, 0.15) is 21.3 Å². The van der Waals surface area contributed by atoms with Crippen molar-refractivity contribution in [1.29, 1.82) is 0 Å². The SMILES string of the molecule is O=C1c2nnccc2SC1c1cccnc1. The summed E-state index contributed by atoms with van der Waals surface area (Å²) in [5.74, 6) is 0.0149. The van der Waals surface area contributed by atoms with Gasteiger partial charge < -0.3 is 0 Å². The van der Waals surface area contributed by atoms with Gasteiger partial charge in [0, 0.05) is 17.3 Å². The smallest absolute Gasteiger partial charge is 0.201 e. The number of fused-ring (bicyclic) bond motifs is 1. The molecule has 0 radical (unpaired) electrons. The molecule has 3 heterocycles. The summed E-state index contributed by atoms with van der Waals surface area (Å²) >= 11 is 1.51. The Hall–Kier alpha value is -1.75. The first kappa shape index (κ1) is 9.47. The average Bonchev–Trinajstić information content (AvgIpc) is 2.69. The van der Waals surface area contributed by atoms with Crippen LogP contribution in [0, 0.1) is 0 Å². The van der Waals surface area contributed by atoms with Gasteiger partial charge in [-0.25, -0.2) is 0 Å². The van der Waals surface area contributed by atoms with Gasteiger partial charge in [-0.3, -0.25) is 9.78 Å². The number of ketones is 1. The summed E-state index contributed by atoms with van der Waals surface area (Å²) in [6.07, 6.45) is 5.01. The van der Waals surface area contributed by atoms with Crippen molar-refractivity contribution in [3.8, 4) is 0 Å². The second-order valence-corrected chi connectivity index (χ2v) is 4.54. The van der Waals surface area contributed by atoms with Crippen LogP contribution in [0.15, 0.2) is 41.7 Å². The number of pyridine rings is 1. The molecule has 1 unspecified atom stereocenters. The molecular weight excluding hydrogens is 222 g/mol. The van der Waals surface area contributed by atoms with E-state index in [1.165, 1.54) is 11.8 Å². The standard InChI is InChI=1S/C11H7N3OS/c15-10-9-8(3-5-13-14-9)16-11(10)7-2-1-4-12-6-7/h1-6,11H. The highest BCUT2D eigenvalue weighted by Gasteiger charge is 2.34. The largest absolute Gasteiger partial charge is 0.291 e. The minimum Gasteiger partial charge on any atom is -0.291 e. The third kappa shape index (κ3) is 1.40. The van der Waals surface area contributed by atoms with Crippen LogP contribution in [0.25, 0.3) is 0 Å². The molecule has 4 nitrogen and oxygen atoms in total. The number of carbonyl (C=O) groups excluding carboxylic acids is 1. The van der Waals surface area contributed by atoms with E-state index in [2.05, 4.69) is 15.2 Å². The number of aromatic nitrogens is 3. The lowest BCUT2D eigenvalue weighted by atomic mass is 10.1. The summed E-state index contributed by atoms with van der Waals surface area (Å²) in [5.41, 5.74) is 1.39. The van der Waals surface area contributed by atoms with Gasteiger partial charge in [0.15, 0.2) is 0 Å². The molecule has 1 aliphatic heterocycles. The minimum absolute atomic E-state index is 0.0149. The van der Waals surface area contributed by atoms with E-state index in [1.54, 1.807) is 18.6 Å². The van der Waals surface area contributed by atoms with Crippen LogP contribution in [-0.4, -0.2) is 21.0 Å². The van der Waals surface area contributed by atoms with E-state index in [-0.39, 0.29) is 11.0 Å². The lowest BCUT2D eigenvalue weighted by molar-refractivity contribution is 0.0985. The van der Waals surface area contributed by atoms with Gasteiger partial charge in [-0.15, -0.1) is 16.9 Å². The average molecular weight is 229 g/mol. The molecule has 16 heavy (non-hydrogen) atoms. The van der Waals surface area contributed by atoms with Crippen LogP contribution < -0.4 is 0 Å². The van der Waals surface area contributed by atoms with Crippen LogP contribution in [0.3, 0.4) is 0 Å². The highest BCUT2D eigenvalue weighted by Crippen LogP contribution is 2.44. The fourth-order valence-electron chi connectivity index (χ4n) is 1.64. The Kier molecular flexibility index (Phi) is 2.18. The normalized spacial score (nSPS) is 18.5. The number of carbonyl (C=O) groups is 1. The first-order valence-electron chi connectivity index (χ1n) is 4.79.